The first-order valence-corrected chi connectivity index (χ1v) is 5.51. The first kappa shape index (κ1) is 10.6. The Morgan fingerprint density at radius 1 is 1.38 bits per heavy atom. The maximum Gasteiger partial charge on any atom is 0.125 e. The van der Waals surface area contributed by atoms with E-state index in [-0.39, 0.29) is 5.82 Å². The van der Waals surface area contributed by atoms with Crippen molar-refractivity contribution in [2.24, 2.45) is 0 Å². The first-order chi connectivity index (χ1) is 7.78. The van der Waals surface area contributed by atoms with Gasteiger partial charge in [0.1, 0.15) is 16.5 Å². The molecular formula is C13H8FNS. The lowest BCUT2D eigenvalue weighted by atomic mass is 10.2. The van der Waals surface area contributed by atoms with Crippen molar-refractivity contribution in [3.8, 4) is 11.8 Å². The Morgan fingerprint density at radius 3 is 2.94 bits per heavy atom. The number of rotatable bonds is 1. The number of nitrogens with zero attached hydrogens (tertiary/aromatic N) is 1. The standard InChI is InChI=1S/C13H8FNS/c1-2-13-15-12(9-16-13)7-6-10-4-3-5-11(14)8-10/h2-5,8-9H,1H2. The van der Waals surface area contributed by atoms with Crippen molar-refractivity contribution in [1.82, 2.24) is 4.98 Å². The summed E-state index contributed by atoms with van der Waals surface area (Å²) in [4.78, 5) is 4.20. The summed E-state index contributed by atoms with van der Waals surface area (Å²) in [6.45, 7) is 3.62. The van der Waals surface area contributed by atoms with E-state index in [4.69, 9.17) is 0 Å². The summed E-state index contributed by atoms with van der Waals surface area (Å²) in [7, 11) is 0. The summed E-state index contributed by atoms with van der Waals surface area (Å²) in [5, 5.41) is 2.69. The summed E-state index contributed by atoms with van der Waals surface area (Å²) in [5.74, 6) is 5.46. The average Bonchev–Trinajstić information content (AvgIpc) is 2.74. The normalized spacial score (nSPS) is 9.31. The van der Waals surface area contributed by atoms with Crippen LogP contribution < -0.4 is 0 Å². The fourth-order valence-corrected chi connectivity index (χ4v) is 1.73. The van der Waals surface area contributed by atoms with E-state index < -0.39 is 0 Å². The van der Waals surface area contributed by atoms with E-state index in [9.17, 15) is 4.39 Å². The van der Waals surface area contributed by atoms with Crippen molar-refractivity contribution in [3.05, 3.63) is 58.3 Å². The highest BCUT2D eigenvalue weighted by Gasteiger charge is 1.94. The Labute approximate surface area is 97.3 Å². The van der Waals surface area contributed by atoms with E-state index in [1.165, 1.54) is 23.5 Å². The van der Waals surface area contributed by atoms with Gasteiger partial charge in [0.15, 0.2) is 0 Å². The van der Waals surface area contributed by atoms with Gasteiger partial charge in [0.25, 0.3) is 0 Å². The topological polar surface area (TPSA) is 12.9 Å². The molecule has 3 heteroatoms. The molecule has 2 rings (SSSR count). The highest BCUT2D eigenvalue weighted by atomic mass is 32.1. The molecule has 0 radical (unpaired) electrons. The third-order valence-corrected chi connectivity index (χ3v) is 2.70. The third-order valence-electron chi connectivity index (χ3n) is 1.86. The Kier molecular flexibility index (Phi) is 3.13. The van der Waals surface area contributed by atoms with Crippen LogP contribution in [0.1, 0.15) is 16.3 Å². The molecule has 0 N–H and O–H groups in total. The second-order valence-electron chi connectivity index (χ2n) is 3.04. The van der Waals surface area contributed by atoms with E-state index in [1.807, 2.05) is 5.38 Å². The molecule has 0 saturated heterocycles. The SMILES string of the molecule is C=Cc1nc(C#Cc2cccc(F)c2)cs1. The molecule has 1 aromatic carbocycles. The van der Waals surface area contributed by atoms with Crippen molar-refractivity contribution >= 4 is 17.4 Å². The largest absolute Gasteiger partial charge is 0.228 e. The lowest BCUT2D eigenvalue weighted by Gasteiger charge is -1.88. The summed E-state index contributed by atoms with van der Waals surface area (Å²) < 4.78 is 12.9. The quantitative estimate of drug-likeness (QED) is 0.683. The van der Waals surface area contributed by atoms with Crippen LogP contribution in [0.5, 0.6) is 0 Å². The van der Waals surface area contributed by atoms with E-state index >= 15 is 0 Å². The van der Waals surface area contributed by atoms with Gasteiger partial charge in [-0.25, -0.2) is 9.37 Å². The fourth-order valence-electron chi connectivity index (χ4n) is 1.14. The molecule has 0 amide bonds. The second kappa shape index (κ2) is 4.73. The van der Waals surface area contributed by atoms with Crippen LogP contribution in [0.15, 0.2) is 36.2 Å². The summed E-state index contributed by atoms with van der Waals surface area (Å²) in [5.41, 5.74) is 1.33. The summed E-state index contributed by atoms with van der Waals surface area (Å²) in [6.07, 6.45) is 1.68. The molecule has 0 fully saturated rings. The fraction of sp³-hybridized carbons (Fsp3) is 0. The monoisotopic (exact) mass is 229 g/mol. The van der Waals surface area contributed by atoms with Gasteiger partial charge in [-0.15, -0.1) is 11.3 Å². The Morgan fingerprint density at radius 2 is 2.25 bits per heavy atom. The first-order valence-electron chi connectivity index (χ1n) is 4.63. The second-order valence-corrected chi connectivity index (χ2v) is 3.93. The van der Waals surface area contributed by atoms with Crippen LogP contribution in [0.2, 0.25) is 0 Å². The lowest BCUT2D eigenvalue weighted by Crippen LogP contribution is -1.78. The molecule has 78 valence electrons. The van der Waals surface area contributed by atoms with E-state index in [0.29, 0.717) is 11.3 Å². The molecule has 0 saturated carbocycles. The molecule has 0 atom stereocenters. The highest BCUT2D eigenvalue weighted by molar-refractivity contribution is 7.10. The molecule has 0 aliphatic rings. The van der Waals surface area contributed by atoms with Gasteiger partial charge in [-0.3, -0.25) is 0 Å². The smallest absolute Gasteiger partial charge is 0.125 e. The predicted molar refractivity (Wildman–Crippen MR) is 64.6 cm³/mol. The van der Waals surface area contributed by atoms with Gasteiger partial charge < -0.3 is 0 Å². The minimum Gasteiger partial charge on any atom is -0.228 e. The zero-order valence-electron chi connectivity index (χ0n) is 8.40. The van der Waals surface area contributed by atoms with Gasteiger partial charge in [-0.2, -0.15) is 0 Å². The molecule has 0 aliphatic carbocycles. The predicted octanol–water partition coefficient (Wildman–Crippen LogP) is 3.33. The minimum absolute atomic E-state index is 0.281. The number of halogens is 1. The van der Waals surface area contributed by atoms with E-state index in [1.54, 1.807) is 18.2 Å². The van der Waals surface area contributed by atoms with Crippen LogP contribution in [0.25, 0.3) is 6.08 Å². The number of hydrogen-bond acceptors (Lipinski definition) is 2. The van der Waals surface area contributed by atoms with E-state index in [0.717, 1.165) is 5.01 Å². The van der Waals surface area contributed by atoms with Gasteiger partial charge >= 0.3 is 0 Å². The zero-order valence-corrected chi connectivity index (χ0v) is 9.22. The number of hydrogen-bond donors (Lipinski definition) is 0. The number of benzene rings is 1. The lowest BCUT2D eigenvalue weighted by molar-refractivity contribution is 0.627. The zero-order chi connectivity index (χ0) is 11.4. The van der Waals surface area contributed by atoms with Crippen molar-refractivity contribution in [2.45, 2.75) is 0 Å². The molecule has 1 nitrogen and oxygen atoms in total. The molecule has 1 heterocycles. The van der Waals surface area contributed by atoms with Crippen LogP contribution in [0.3, 0.4) is 0 Å². The third kappa shape index (κ3) is 2.56. The Balaban J connectivity index is 2.24. The van der Waals surface area contributed by atoms with Crippen LogP contribution in [0, 0.1) is 17.7 Å². The molecular weight excluding hydrogens is 221 g/mol. The van der Waals surface area contributed by atoms with E-state index in [2.05, 4.69) is 23.4 Å². The van der Waals surface area contributed by atoms with Crippen LogP contribution >= 0.6 is 11.3 Å². The molecule has 0 aliphatic heterocycles. The summed E-state index contributed by atoms with van der Waals surface area (Å²) in [6, 6.07) is 6.18. The summed E-state index contributed by atoms with van der Waals surface area (Å²) >= 11 is 1.48. The highest BCUT2D eigenvalue weighted by Crippen LogP contribution is 2.09. The van der Waals surface area contributed by atoms with Crippen molar-refractivity contribution in [3.63, 3.8) is 0 Å². The van der Waals surface area contributed by atoms with Crippen molar-refractivity contribution in [2.75, 3.05) is 0 Å². The van der Waals surface area contributed by atoms with Gasteiger partial charge in [0.05, 0.1) is 0 Å². The maximum absolute atomic E-state index is 12.9. The van der Waals surface area contributed by atoms with Crippen LogP contribution in [-0.2, 0) is 0 Å². The number of aromatic nitrogens is 1. The number of thiazole rings is 1. The molecule has 0 bridgehead atoms. The van der Waals surface area contributed by atoms with Crippen LogP contribution in [0.4, 0.5) is 4.39 Å². The molecule has 0 unspecified atom stereocenters. The molecule has 0 spiro atoms. The van der Waals surface area contributed by atoms with Crippen molar-refractivity contribution in [1.29, 1.82) is 0 Å². The van der Waals surface area contributed by atoms with Gasteiger partial charge in [0.2, 0.25) is 0 Å². The van der Waals surface area contributed by atoms with Crippen LogP contribution in [-0.4, -0.2) is 4.98 Å². The average molecular weight is 229 g/mol. The van der Waals surface area contributed by atoms with Crippen molar-refractivity contribution < 1.29 is 4.39 Å². The molecule has 2 aromatic rings. The Hall–Kier alpha value is -1.92. The Bertz CT molecular complexity index is 575. The minimum atomic E-state index is -0.281. The van der Waals surface area contributed by atoms with Gasteiger partial charge in [0, 0.05) is 10.9 Å². The van der Waals surface area contributed by atoms with Gasteiger partial charge in [-0.1, -0.05) is 18.6 Å². The molecule has 1 aromatic heterocycles. The van der Waals surface area contributed by atoms with Gasteiger partial charge in [-0.05, 0) is 30.2 Å². The maximum atomic E-state index is 12.9. The molecule has 16 heavy (non-hydrogen) atoms.